The first-order valence-electron chi connectivity index (χ1n) is 8.70. The van der Waals surface area contributed by atoms with Crippen LogP contribution in [0.4, 0.5) is 0 Å². The fourth-order valence-electron chi connectivity index (χ4n) is 3.48. The molecule has 3 rings (SSSR count). The van der Waals surface area contributed by atoms with E-state index in [0.717, 1.165) is 17.1 Å². The lowest BCUT2D eigenvalue weighted by atomic mass is 9.84. The van der Waals surface area contributed by atoms with Crippen LogP contribution in [0.15, 0.2) is 46.7 Å². The first-order chi connectivity index (χ1) is 12.3. The van der Waals surface area contributed by atoms with Gasteiger partial charge in [-0.2, -0.15) is 0 Å². The Labute approximate surface area is 159 Å². The van der Waals surface area contributed by atoms with Crippen molar-refractivity contribution in [2.75, 3.05) is 20.6 Å². The summed E-state index contributed by atoms with van der Waals surface area (Å²) in [6.45, 7) is 0.615. The molecule has 0 spiro atoms. The van der Waals surface area contributed by atoms with Crippen LogP contribution in [-0.2, 0) is 15.4 Å². The fourth-order valence-corrected chi connectivity index (χ4v) is 5.37. The van der Waals surface area contributed by atoms with Crippen LogP contribution in [0.25, 0.3) is 0 Å². The summed E-state index contributed by atoms with van der Waals surface area (Å²) in [6, 6.07) is 10.3. The van der Waals surface area contributed by atoms with E-state index < -0.39 is 10.0 Å². The molecule has 1 aromatic carbocycles. The second-order valence-electron chi connectivity index (χ2n) is 6.96. The van der Waals surface area contributed by atoms with Gasteiger partial charge in [-0.05, 0) is 48.6 Å². The van der Waals surface area contributed by atoms with Crippen LogP contribution < -0.4 is 5.32 Å². The third-order valence-electron chi connectivity index (χ3n) is 5.09. The maximum atomic E-state index is 12.5. The van der Waals surface area contributed by atoms with Crippen molar-refractivity contribution in [3.8, 4) is 0 Å². The smallest absolute Gasteiger partial charge is 0.251 e. The monoisotopic (exact) mass is 392 g/mol. The molecule has 1 saturated carbocycles. The van der Waals surface area contributed by atoms with Gasteiger partial charge >= 0.3 is 0 Å². The summed E-state index contributed by atoms with van der Waals surface area (Å²) < 4.78 is 25.4. The van der Waals surface area contributed by atoms with E-state index in [1.165, 1.54) is 43.9 Å². The molecular weight excluding hydrogens is 368 g/mol. The van der Waals surface area contributed by atoms with Crippen molar-refractivity contribution in [3.05, 3.63) is 52.2 Å². The molecule has 0 radical (unpaired) electrons. The van der Waals surface area contributed by atoms with Gasteiger partial charge in [-0.1, -0.05) is 18.9 Å². The van der Waals surface area contributed by atoms with Gasteiger partial charge in [0.2, 0.25) is 10.0 Å². The van der Waals surface area contributed by atoms with Crippen molar-refractivity contribution in [1.82, 2.24) is 9.62 Å². The highest BCUT2D eigenvalue weighted by molar-refractivity contribution is 7.89. The first kappa shape index (κ1) is 19.1. The number of nitrogens with zero attached hydrogens (tertiary/aromatic N) is 1. The van der Waals surface area contributed by atoms with Crippen molar-refractivity contribution in [1.29, 1.82) is 0 Å². The molecule has 1 heterocycles. The SMILES string of the molecule is CN(C)S(=O)(=O)c1ccc(C(=O)NCC2(c3cccs3)CCCC2)cc1. The third-order valence-corrected chi connectivity index (χ3v) is 8.03. The van der Waals surface area contributed by atoms with E-state index in [1.54, 1.807) is 23.5 Å². The van der Waals surface area contributed by atoms with Gasteiger partial charge in [0.15, 0.2) is 0 Å². The second kappa shape index (κ2) is 7.50. The highest BCUT2D eigenvalue weighted by Gasteiger charge is 2.36. The number of carbonyl (C=O) groups excluding carboxylic acids is 1. The lowest BCUT2D eigenvalue weighted by Crippen LogP contribution is -2.38. The fraction of sp³-hybridized carbons (Fsp3) is 0.421. The molecule has 0 atom stereocenters. The molecule has 1 aromatic heterocycles. The quantitative estimate of drug-likeness (QED) is 0.821. The Kier molecular flexibility index (Phi) is 5.50. The van der Waals surface area contributed by atoms with E-state index in [2.05, 4.69) is 22.8 Å². The maximum Gasteiger partial charge on any atom is 0.251 e. The lowest BCUT2D eigenvalue weighted by molar-refractivity contribution is 0.0943. The molecule has 1 fully saturated rings. The Morgan fingerprint density at radius 2 is 1.81 bits per heavy atom. The highest BCUT2D eigenvalue weighted by Crippen LogP contribution is 2.42. The Morgan fingerprint density at radius 3 is 2.35 bits per heavy atom. The van der Waals surface area contributed by atoms with Gasteiger partial charge in [-0.25, -0.2) is 12.7 Å². The van der Waals surface area contributed by atoms with Crippen LogP contribution in [0.5, 0.6) is 0 Å². The topological polar surface area (TPSA) is 66.5 Å². The first-order valence-corrected chi connectivity index (χ1v) is 11.0. The number of amides is 1. The zero-order valence-corrected chi connectivity index (χ0v) is 16.7. The van der Waals surface area contributed by atoms with Crippen LogP contribution in [0.3, 0.4) is 0 Å². The largest absolute Gasteiger partial charge is 0.351 e. The molecule has 0 saturated heterocycles. The Hall–Kier alpha value is -1.70. The molecule has 0 aliphatic heterocycles. The minimum absolute atomic E-state index is 0.0397. The van der Waals surface area contributed by atoms with Crippen molar-refractivity contribution < 1.29 is 13.2 Å². The summed E-state index contributed by atoms with van der Waals surface area (Å²) in [6.07, 6.45) is 4.55. The summed E-state index contributed by atoms with van der Waals surface area (Å²) in [5, 5.41) is 5.14. The molecule has 1 aliphatic rings. The Bertz CT molecular complexity index is 851. The van der Waals surface area contributed by atoms with Gasteiger partial charge in [0.05, 0.1) is 4.90 Å². The molecule has 1 aliphatic carbocycles. The number of sulfonamides is 1. The molecule has 26 heavy (non-hydrogen) atoms. The number of hydrogen-bond donors (Lipinski definition) is 1. The number of rotatable bonds is 6. The minimum Gasteiger partial charge on any atom is -0.351 e. The molecule has 1 N–H and O–H groups in total. The lowest BCUT2D eigenvalue weighted by Gasteiger charge is -2.28. The van der Waals surface area contributed by atoms with Gasteiger partial charge < -0.3 is 5.32 Å². The number of hydrogen-bond acceptors (Lipinski definition) is 4. The van der Waals surface area contributed by atoms with Gasteiger partial charge in [-0.15, -0.1) is 11.3 Å². The summed E-state index contributed by atoms with van der Waals surface area (Å²) in [4.78, 5) is 14.1. The van der Waals surface area contributed by atoms with Gasteiger partial charge in [0, 0.05) is 36.5 Å². The highest BCUT2D eigenvalue weighted by atomic mass is 32.2. The minimum atomic E-state index is -3.48. The number of nitrogens with one attached hydrogen (secondary N) is 1. The molecule has 5 nitrogen and oxygen atoms in total. The van der Waals surface area contributed by atoms with Gasteiger partial charge in [0.1, 0.15) is 0 Å². The summed E-state index contributed by atoms with van der Waals surface area (Å²) in [5.74, 6) is -0.165. The zero-order valence-electron chi connectivity index (χ0n) is 15.1. The molecule has 140 valence electrons. The van der Waals surface area contributed by atoms with E-state index in [0.29, 0.717) is 12.1 Å². The van der Waals surface area contributed by atoms with Crippen LogP contribution in [0, 0.1) is 0 Å². The zero-order chi connectivity index (χ0) is 18.8. The number of thiophene rings is 1. The normalized spacial score (nSPS) is 16.7. The summed E-state index contributed by atoms with van der Waals surface area (Å²) >= 11 is 1.75. The number of carbonyl (C=O) groups is 1. The Balaban J connectivity index is 1.70. The third kappa shape index (κ3) is 3.70. The van der Waals surface area contributed by atoms with Crippen LogP contribution in [-0.4, -0.2) is 39.3 Å². The van der Waals surface area contributed by atoms with E-state index in [9.17, 15) is 13.2 Å². The van der Waals surface area contributed by atoms with Crippen LogP contribution in [0.1, 0.15) is 40.9 Å². The molecular formula is C19H24N2O3S2. The van der Waals surface area contributed by atoms with Crippen LogP contribution >= 0.6 is 11.3 Å². The standard InChI is InChI=1S/C19H24N2O3S2/c1-21(2)26(23,24)16-9-7-15(8-10-16)18(22)20-14-19(11-3-4-12-19)17-6-5-13-25-17/h5-10,13H,3-4,11-12,14H2,1-2H3,(H,20,22). The predicted molar refractivity (Wildman–Crippen MR) is 104 cm³/mol. The van der Waals surface area contributed by atoms with E-state index >= 15 is 0 Å². The maximum absolute atomic E-state index is 12.5. The molecule has 0 unspecified atom stereocenters. The van der Waals surface area contributed by atoms with E-state index in [-0.39, 0.29) is 16.2 Å². The van der Waals surface area contributed by atoms with E-state index in [1.807, 2.05) is 0 Å². The van der Waals surface area contributed by atoms with Crippen molar-refractivity contribution in [2.24, 2.45) is 0 Å². The predicted octanol–water partition coefficient (Wildman–Crippen LogP) is 3.24. The molecule has 7 heteroatoms. The molecule has 0 bridgehead atoms. The summed E-state index contributed by atoms with van der Waals surface area (Å²) in [7, 11) is -0.506. The Morgan fingerprint density at radius 1 is 1.15 bits per heavy atom. The average molecular weight is 393 g/mol. The molecule has 1 amide bonds. The van der Waals surface area contributed by atoms with Gasteiger partial charge in [-0.3, -0.25) is 4.79 Å². The number of benzene rings is 1. The van der Waals surface area contributed by atoms with Crippen molar-refractivity contribution in [3.63, 3.8) is 0 Å². The van der Waals surface area contributed by atoms with E-state index in [4.69, 9.17) is 0 Å². The average Bonchev–Trinajstić information content (AvgIpc) is 3.32. The summed E-state index contributed by atoms with van der Waals surface area (Å²) in [5.41, 5.74) is 0.514. The van der Waals surface area contributed by atoms with Crippen LogP contribution in [0.2, 0.25) is 0 Å². The molecule has 2 aromatic rings. The second-order valence-corrected chi connectivity index (χ2v) is 10.1. The van der Waals surface area contributed by atoms with Crippen molar-refractivity contribution >= 4 is 27.3 Å². The van der Waals surface area contributed by atoms with Crippen molar-refractivity contribution in [2.45, 2.75) is 36.0 Å². The van der Waals surface area contributed by atoms with Gasteiger partial charge in [0.25, 0.3) is 5.91 Å².